The minimum Gasteiger partial charge on any atom is -0.399 e. The lowest BCUT2D eigenvalue weighted by molar-refractivity contribution is -0.118. The van der Waals surface area contributed by atoms with Crippen LogP contribution in [0.4, 0.5) is 5.69 Å². The Kier molecular flexibility index (Phi) is 5.32. The summed E-state index contributed by atoms with van der Waals surface area (Å²) in [5.74, 6) is 0.365. The van der Waals surface area contributed by atoms with E-state index < -0.39 is 0 Å². The fourth-order valence-electron chi connectivity index (χ4n) is 1.61. The van der Waals surface area contributed by atoms with Gasteiger partial charge in [-0.3, -0.25) is 4.79 Å². The summed E-state index contributed by atoms with van der Waals surface area (Å²) in [5, 5.41) is 3.56. The zero-order valence-corrected chi connectivity index (χ0v) is 12.4. The molecule has 3 nitrogen and oxygen atoms in total. The third-order valence-electron chi connectivity index (χ3n) is 2.63. The number of carbonyl (C=O) groups is 1. The molecule has 20 heavy (non-hydrogen) atoms. The number of benzene rings is 2. The van der Waals surface area contributed by atoms with Gasteiger partial charge >= 0.3 is 0 Å². The molecule has 2 rings (SSSR count). The Balaban J connectivity index is 1.77. The number of rotatable bonds is 5. The molecule has 0 unspecified atom stereocenters. The third-order valence-corrected chi connectivity index (χ3v) is 3.88. The second-order valence-electron chi connectivity index (χ2n) is 4.26. The molecule has 0 saturated heterocycles. The van der Waals surface area contributed by atoms with Gasteiger partial charge in [0.15, 0.2) is 0 Å². The van der Waals surface area contributed by atoms with Crippen molar-refractivity contribution in [3.05, 3.63) is 59.1 Å². The summed E-state index contributed by atoms with van der Waals surface area (Å²) in [7, 11) is 0. The topological polar surface area (TPSA) is 55.1 Å². The maximum absolute atomic E-state index is 11.8. The van der Waals surface area contributed by atoms with Crippen molar-refractivity contribution in [1.82, 2.24) is 5.32 Å². The summed E-state index contributed by atoms with van der Waals surface area (Å²) in [5.41, 5.74) is 7.42. The number of nitrogens with one attached hydrogen (secondary N) is 1. The van der Waals surface area contributed by atoms with Crippen molar-refractivity contribution in [2.45, 2.75) is 11.4 Å². The van der Waals surface area contributed by atoms with Crippen LogP contribution in [0, 0.1) is 0 Å². The number of hydrogen-bond donors (Lipinski definition) is 2. The van der Waals surface area contributed by atoms with Gasteiger partial charge in [-0.05, 0) is 35.9 Å². The van der Waals surface area contributed by atoms with Crippen molar-refractivity contribution < 1.29 is 4.79 Å². The first-order valence-corrected chi connectivity index (χ1v) is 7.49. The number of nitrogen functional groups attached to an aromatic ring is 1. The molecule has 2 aromatic carbocycles. The number of hydrogen-bond acceptors (Lipinski definition) is 3. The molecule has 0 aliphatic rings. The summed E-state index contributed by atoms with van der Waals surface area (Å²) < 4.78 is 0. The van der Waals surface area contributed by atoms with Crippen LogP contribution in [0.3, 0.4) is 0 Å². The quantitative estimate of drug-likeness (QED) is 0.658. The lowest BCUT2D eigenvalue weighted by atomic mass is 10.2. The lowest BCUT2D eigenvalue weighted by Crippen LogP contribution is -2.24. The van der Waals surface area contributed by atoms with Gasteiger partial charge in [-0.1, -0.05) is 29.8 Å². The molecule has 0 spiro atoms. The van der Waals surface area contributed by atoms with Crippen LogP contribution in [0.5, 0.6) is 0 Å². The maximum atomic E-state index is 11.8. The predicted molar refractivity (Wildman–Crippen MR) is 84.9 cm³/mol. The Morgan fingerprint density at radius 3 is 2.65 bits per heavy atom. The Hall–Kier alpha value is -1.65. The van der Waals surface area contributed by atoms with Crippen LogP contribution in [0.25, 0.3) is 0 Å². The van der Waals surface area contributed by atoms with Gasteiger partial charge in [-0.2, -0.15) is 0 Å². The molecule has 0 aliphatic heterocycles. The maximum Gasteiger partial charge on any atom is 0.230 e. The van der Waals surface area contributed by atoms with E-state index in [1.807, 2.05) is 48.5 Å². The molecule has 104 valence electrons. The summed E-state index contributed by atoms with van der Waals surface area (Å²) >= 11 is 7.27. The van der Waals surface area contributed by atoms with Crippen molar-refractivity contribution in [3.63, 3.8) is 0 Å². The summed E-state index contributed by atoms with van der Waals surface area (Å²) in [6, 6.07) is 14.9. The van der Waals surface area contributed by atoms with E-state index in [9.17, 15) is 4.79 Å². The van der Waals surface area contributed by atoms with Gasteiger partial charge in [0.2, 0.25) is 5.91 Å². The highest BCUT2D eigenvalue weighted by Crippen LogP contribution is 2.19. The Morgan fingerprint density at radius 1 is 1.20 bits per heavy atom. The molecule has 0 fully saturated rings. The molecule has 0 radical (unpaired) electrons. The van der Waals surface area contributed by atoms with Gasteiger partial charge in [0, 0.05) is 22.2 Å². The van der Waals surface area contributed by atoms with Crippen molar-refractivity contribution in [1.29, 1.82) is 0 Å². The molecular formula is C15H15ClN2OS. The number of amides is 1. The molecule has 0 atom stereocenters. The number of anilines is 1. The molecule has 0 saturated carbocycles. The van der Waals surface area contributed by atoms with Crippen molar-refractivity contribution in [3.8, 4) is 0 Å². The van der Waals surface area contributed by atoms with Crippen molar-refractivity contribution in [2.75, 3.05) is 11.5 Å². The molecule has 0 aliphatic carbocycles. The number of nitrogens with two attached hydrogens (primary N) is 1. The molecule has 0 bridgehead atoms. The van der Waals surface area contributed by atoms with Crippen LogP contribution in [0.2, 0.25) is 5.02 Å². The first kappa shape index (κ1) is 14.8. The van der Waals surface area contributed by atoms with E-state index in [2.05, 4.69) is 5.32 Å². The number of carbonyl (C=O) groups excluding carboxylic acids is 1. The van der Waals surface area contributed by atoms with Crippen LogP contribution in [-0.2, 0) is 11.3 Å². The fraction of sp³-hybridized carbons (Fsp3) is 0.133. The molecule has 5 heteroatoms. The van der Waals surface area contributed by atoms with Gasteiger partial charge in [-0.15, -0.1) is 11.8 Å². The Morgan fingerprint density at radius 2 is 1.95 bits per heavy atom. The summed E-state index contributed by atoms with van der Waals surface area (Å²) in [6.45, 7) is 0.507. The van der Waals surface area contributed by atoms with E-state index in [1.54, 1.807) is 0 Å². The highest BCUT2D eigenvalue weighted by Gasteiger charge is 2.03. The predicted octanol–water partition coefficient (Wildman–Crippen LogP) is 3.33. The van der Waals surface area contributed by atoms with E-state index in [0.29, 0.717) is 23.0 Å². The average molecular weight is 307 g/mol. The van der Waals surface area contributed by atoms with Gasteiger partial charge in [-0.25, -0.2) is 0 Å². The van der Waals surface area contributed by atoms with Crippen LogP contribution in [-0.4, -0.2) is 11.7 Å². The van der Waals surface area contributed by atoms with Crippen LogP contribution < -0.4 is 11.1 Å². The first-order chi connectivity index (χ1) is 9.63. The summed E-state index contributed by atoms with van der Waals surface area (Å²) in [4.78, 5) is 12.7. The standard InChI is InChI=1S/C15H15ClN2OS/c16-12-6-4-11(5-7-12)9-18-15(19)10-20-14-3-1-2-13(17)8-14/h1-8H,9-10,17H2,(H,18,19). The Labute approximate surface area is 127 Å². The van der Waals surface area contributed by atoms with Crippen LogP contribution in [0.15, 0.2) is 53.4 Å². The van der Waals surface area contributed by atoms with E-state index in [4.69, 9.17) is 17.3 Å². The van der Waals surface area contributed by atoms with Crippen LogP contribution in [0.1, 0.15) is 5.56 Å². The normalized spacial score (nSPS) is 10.2. The van der Waals surface area contributed by atoms with Crippen molar-refractivity contribution >= 4 is 35.0 Å². The second kappa shape index (κ2) is 7.22. The smallest absolute Gasteiger partial charge is 0.230 e. The minimum atomic E-state index is -0.00706. The molecule has 1 amide bonds. The largest absolute Gasteiger partial charge is 0.399 e. The van der Waals surface area contributed by atoms with Gasteiger partial charge in [0.1, 0.15) is 0 Å². The minimum absolute atomic E-state index is 0.00706. The number of halogens is 1. The molecule has 2 aromatic rings. The fourth-order valence-corrected chi connectivity index (χ4v) is 2.53. The second-order valence-corrected chi connectivity index (χ2v) is 5.75. The first-order valence-electron chi connectivity index (χ1n) is 6.13. The molecule has 0 heterocycles. The van der Waals surface area contributed by atoms with Crippen LogP contribution >= 0.6 is 23.4 Å². The summed E-state index contributed by atoms with van der Waals surface area (Å²) in [6.07, 6.45) is 0. The molecule has 0 aromatic heterocycles. The zero-order valence-electron chi connectivity index (χ0n) is 10.8. The molecule has 3 N–H and O–H groups in total. The van der Waals surface area contributed by atoms with Gasteiger partial charge in [0.25, 0.3) is 0 Å². The Bertz CT molecular complexity index is 587. The monoisotopic (exact) mass is 306 g/mol. The lowest BCUT2D eigenvalue weighted by Gasteiger charge is -2.06. The van der Waals surface area contributed by atoms with E-state index in [-0.39, 0.29) is 5.91 Å². The van der Waals surface area contributed by atoms with E-state index in [1.165, 1.54) is 11.8 Å². The highest BCUT2D eigenvalue weighted by molar-refractivity contribution is 8.00. The number of thioether (sulfide) groups is 1. The van der Waals surface area contributed by atoms with E-state index >= 15 is 0 Å². The highest BCUT2D eigenvalue weighted by atomic mass is 35.5. The average Bonchev–Trinajstić information content (AvgIpc) is 2.45. The molecular weight excluding hydrogens is 292 g/mol. The SMILES string of the molecule is Nc1cccc(SCC(=O)NCc2ccc(Cl)cc2)c1. The van der Waals surface area contributed by atoms with Gasteiger partial charge < -0.3 is 11.1 Å². The van der Waals surface area contributed by atoms with Crippen molar-refractivity contribution in [2.24, 2.45) is 0 Å². The van der Waals surface area contributed by atoms with Gasteiger partial charge in [0.05, 0.1) is 5.75 Å². The van der Waals surface area contributed by atoms with E-state index in [0.717, 1.165) is 10.5 Å². The third kappa shape index (κ3) is 4.79. The zero-order chi connectivity index (χ0) is 14.4.